The fourth-order valence-electron chi connectivity index (χ4n) is 4.61. The highest BCUT2D eigenvalue weighted by Gasteiger charge is 2.43. The minimum absolute atomic E-state index is 0.0287. The Kier molecular flexibility index (Phi) is 4.56. The fraction of sp³-hybridized carbons (Fsp3) is 0.333. The molecule has 0 bridgehead atoms. The molecule has 0 spiro atoms. The predicted molar refractivity (Wildman–Crippen MR) is 111 cm³/mol. The second kappa shape index (κ2) is 7.45. The molecule has 0 radical (unpaired) electrons. The van der Waals surface area contributed by atoms with E-state index in [0.29, 0.717) is 28.0 Å². The number of fused-ring (bicyclic) bond motifs is 2. The van der Waals surface area contributed by atoms with Crippen molar-refractivity contribution in [3.8, 4) is 0 Å². The fourth-order valence-corrected chi connectivity index (χ4v) is 4.61. The van der Waals surface area contributed by atoms with Crippen molar-refractivity contribution in [3.63, 3.8) is 0 Å². The zero-order valence-corrected chi connectivity index (χ0v) is 17.8. The summed E-state index contributed by atoms with van der Waals surface area (Å²) in [6.45, 7) is -1.32. The first-order chi connectivity index (χ1) is 16.7. The molecule has 1 aliphatic carbocycles. The Morgan fingerprint density at radius 1 is 1.11 bits per heavy atom. The van der Waals surface area contributed by atoms with Crippen LogP contribution in [0.15, 0.2) is 30.7 Å². The molecule has 3 atom stereocenters. The number of rotatable bonds is 4. The number of aromatic nitrogens is 6. The number of alkyl halides is 3. The number of nitrogens with one attached hydrogen (secondary N) is 2. The van der Waals surface area contributed by atoms with Gasteiger partial charge in [-0.1, -0.05) is 0 Å². The second-order valence-corrected chi connectivity index (χ2v) is 8.62. The molecule has 2 N–H and O–H groups in total. The first kappa shape index (κ1) is 21.4. The topological polar surface area (TPSA) is 119 Å². The Morgan fingerprint density at radius 3 is 2.71 bits per heavy atom. The van der Waals surface area contributed by atoms with Crippen LogP contribution in [0, 0.1) is 5.95 Å². The van der Waals surface area contributed by atoms with E-state index in [0.717, 1.165) is 5.56 Å². The Labute approximate surface area is 193 Å². The van der Waals surface area contributed by atoms with Gasteiger partial charge in [-0.15, -0.1) is 5.10 Å². The van der Waals surface area contributed by atoms with Gasteiger partial charge >= 0.3 is 12.2 Å². The molecule has 3 amide bonds. The van der Waals surface area contributed by atoms with Gasteiger partial charge < -0.3 is 5.32 Å². The van der Waals surface area contributed by atoms with Crippen molar-refractivity contribution in [1.29, 1.82) is 0 Å². The molecule has 1 aliphatic heterocycles. The van der Waals surface area contributed by atoms with E-state index in [4.69, 9.17) is 0 Å². The number of amides is 3. The van der Waals surface area contributed by atoms with Crippen LogP contribution in [0.1, 0.15) is 41.0 Å². The average Bonchev–Trinajstić information content (AvgIpc) is 3.34. The maximum Gasteiger partial charge on any atom is 0.408 e. The molecule has 2 fully saturated rings. The Hall–Kier alpha value is -4.10. The van der Waals surface area contributed by atoms with E-state index >= 15 is 0 Å². The number of hydrogen-bond donors (Lipinski definition) is 2. The SMILES string of the molecule is O=C1NCC(c2cc([C@H]3C[C@@H]3c3cnc4c(F)nn(CC(F)(F)F)c4c3)c3nccn3n2)C(=O)N1. The first-order valence-electron chi connectivity index (χ1n) is 10.7. The monoisotopic (exact) mass is 488 g/mol. The average molecular weight is 488 g/mol. The molecule has 180 valence electrons. The summed E-state index contributed by atoms with van der Waals surface area (Å²) in [4.78, 5) is 32.2. The molecule has 2 aliphatic rings. The second-order valence-electron chi connectivity index (χ2n) is 8.62. The summed E-state index contributed by atoms with van der Waals surface area (Å²) in [6.07, 6.45) is 0.758. The van der Waals surface area contributed by atoms with Gasteiger partial charge in [0.15, 0.2) is 5.65 Å². The van der Waals surface area contributed by atoms with Crippen molar-refractivity contribution < 1.29 is 27.2 Å². The van der Waals surface area contributed by atoms with Crippen molar-refractivity contribution in [2.45, 2.75) is 36.9 Å². The molecule has 0 aromatic carbocycles. The van der Waals surface area contributed by atoms with Crippen molar-refractivity contribution in [1.82, 2.24) is 40.0 Å². The van der Waals surface area contributed by atoms with Crippen LogP contribution in [0.2, 0.25) is 0 Å². The lowest BCUT2D eigenvalue weighted by molar-refractivity contribution is -0.142. The largest absolute Gasteiger partial charge is 0.408 e. The van der Waals surface area contributed by atoms with E-state index in [1.54, 1.807) is 23.0 Å². The van der Waals surface area contributed by atoms with Crippen LogP contribution < -0.4 is 10.6 Å². The summed E-state index contributed by atoms with van der Waals surface area (Å²) in [5, 5.41) is 12.6. The van der Waals surface area contributed by atoms with Crippen LogP contribution in [0.4, 0.5) is 22.4 Å². The summed E-state index contributed by atoms with van der Waals surface area (Å²) in [7, 11) is 0. The lowest BCUT2D eigenvalue weighted by Gasteiger charge is -2.22. The van der Waals surface area contributed by atoms with E-state index in [1.807, 2.05) is 0 Å². The van der Waals surface area contributed by atoms with Crippen molar-refractivity contribution >= 4 is 28.6 Å². The van der Waals surface area contributed by atoms with Gasteiger partial charge in [0.1, 0.15) is 12.1 Å². The van der Waals surface area contributed by atoms with Crippen LogP contribution in [-0.4, -0.2) is 54.0 Å². The van der Waals surface area contributed by atoms with E-state index in [1.165, 1.54) is 12.3 Å². The van der Waals surface area contributed by atoms with E-state index in [-0.39, 0.29) is 29.4 Å². The van der Waals surface area contributed by atoms with Crippen molar-refractivity contribution in [3.05, 3.63) is 53.5 Å². The molecular formula is C21H16F4N8O2. The smallest absolute Gasteiger partial charge is 0.337 e. The summed E-state index contributed by atoms with van der Waals surface area (Å²) in [5.41, 5.74) is 2.25. The van der Waals surface area contributed by atoms with Crippen molar-refractivity contribution in [2.75, 3.05) is 6.54 Å². The molecule has 35 heavy (non-hydrogen) atoms. The van der Waals surface area contributed by atoms with Gasteiger partial charge in [0.25, 0.3) is 5.95 Å². The third-order valence-electron chi connectivity index (χ3n) is 6.30. The number of pyridine rings is 1. The van der Waals surface area contributed by atoms with Gasteiger partial charge in [-0.2, -0.15) is 22.7 Å². The summed E-state index contributed by atoms with van der Waals surface area (Å²) in [5.74, 6) is -2.37. The Morgan fingerprint density at radius 2 is 1.94 bits per heavy atom. The molecule has 1 saturated carbocycles. The molecule has 6 rings (SSSR count). The Balaban J connectivity index is 1.35. The van der Waals surface area contributed by atoms with Gasteiger partial charge in [0.2, 0.25) is 5.91 Å². The maximum absolute atomic E-state index is 14.0. The van der Waals surface area contributed by atoms with Crippen LogP contribution in [0.5, 0.6) is 0 Å². The van der Waals surface area contributed by atoms with E-state index < -0.39 is 36.5 Å². The van der Waals surface area contributed by atoms with Gasteiger partial charge in [0.05, 0.1) is 17.1 Å². The number of carbonyl (C=O) groups excluding carboxylic acids is 2. The van der Waals surface area contributed by atoms with Crippen LogP contribution in [-0.2, 0) is 11.3 Å². The minimum Gasteiger partial charge on any atom is -0.337 e. The third-order valence-corrected chi connectivity index (χ3v) is 6.30. The zero-order valence-electron chi connectivity index (χ0n) is 17.8. The number of imide groups is 1. The number of imidazole rings is 1. The number of hydrogen-bond acceptors (Lipinski definition) is 6. The first-order valence-corrected chi connectivity index (χ1v) is 10.7. The lowest BCUT2D eigenvalue weighted by Crippen LogP contribution is -2.51. The normalized spacial score (nSPS) is 22.5. The van der Waals surface area contributed by atoms with Gasteiger partial charge in [0, 0.05) is 30.7 Å². The minimum atomic E-state index is -4.56. The maximum atomic E-state index is 14.0. The number of urea groups is 1. The van der Waals surface area contributed by atoms with Gasteiger partial charge in [-0.25, -0.2) is 19.3 Å². The molecule has 4 aromatic rings. The van der Waals surface area contributed by atoms with Crippen molar-refractivity contribution in [2.24, 2.45) is 0 Å². The highest BCUT2D eigenvalue weighted by molar-refractivity contribution is 6.00. The molecule has 14 heteroatoms. The molecule has 5 heterocycles. The highest BCUT2D eigenvalue weighted by Crippen LogP contribution is 2.55. The van der Waals surface area contributed by atoms with Gasteiger partial charge in [-0.3, -0.25) is 14.8 Å². The molecule has 1 saturated heterocycles. The van der Waals surface area contributed by atoms with Crippen LogP contribution in [0.3, 0.4) is 0 Å². The molecular weight excluding hydrogens is 472 g/mol. The quantitative estimate of drug-likeness (QED) is 0.426. The predicted octanol–water partition coefficient (Wildman–Crippen LogP) is 2.37. The van der Waals surface area contributed by atoms with E-state index in [9.17, 15) is 27.2 Å². The number of carbonyl (C=O) groups is 2. The van der Waals surface area contributed by atoms with Crippen LogP contribution >= 0.6 is 0 Å². The lowest BCUT2D eigenvalue weighted by atomic mass is 9.99. The highest BCUT2D eigenvalue weighted by atomic mass is 19.4. The standard InChI is InChI=1S/C21H16F4N8O2/c22-17-16-15(33(31-17)8-21(23,24)25)3-9(6-27-16)10-4-11(10)12-5-14(30-32-2-1-26-18(12)32)13-7-28-20(35)29-19(13)34/h1-3,5-6,10-11,13H,4,7-8H2,(H2,28,29,34,35)/t10-,11+,13?/m1/s1. The zero-order chi connectivity index (χ0) is 24.5. The number of halogens is 4. The third kappa shape index (κ3) is 3.74. The van der Waals surface area contributed by atoms with Crippen LogP contribution in [0.25, 0.3) is 16.7 Å². The summed E-state index contributed by atoms with van der Waals surface area (Å²) >= 11 is 0. The van der Waals surface area contributed by atoms with E-state index in [2.05, 4.69) is 30.8 Å². The number of nitrogens with zero attached hydrogens (tertiary/aromatic N) is 6. The summed E-state index contributed by atoms with van der Waals surface area (Å²) in [6, 6.07) is 2.69. The summed E-state index contributed by atoms with van der Waals surface area (Å²) < 4.78 is 54.9. The molecule has 1 unspecified atom stereocenters. The van der Waals surface area contributed by atoms with Gasteiger partial charge in [-0.05, 0) is 36.0 Å². The molecule has 10 nitrogen and oxygen atoms in total. The Bertz CT molecular complexity index is 1510. The molecule has 4 aromatic heterocycles.